The molecule has 0 saturated carbocycles. The van der Waals surface area contributed by atoms with Crippen LogP contribution in [0.5, 0.6) is 11.5 Å². The fraction of sp³-hybridized carbons (Fsp3) is 0.0909. The van der Waals surface area contributed by atoms with Crippen LogP contribution in [0, 0.1) is 13.8 Å². The number of nitrogens with zero attached hydrogens (tertiary/aromatic N) is 1. The third-order valence-electron chi connectivity index (χ3n) is 4.40. The lowest BCUT2D eigenvalue weighted by molar-refractivity contribution is 0.102. The highest BCUT2D eigenvalue weighted by atomic mass is 32.1. The molecular formula is C22H18N2O2S. The predicted octanol–water partition coefficient (Wildman–Crippen LogP) is 5.96. The number of benzene rings is 3. The lowest BCUT2D eigenvalue weighted by atomic mass is 10.1. The zero-order valence-electron chi connectivity index (χ0n) is 15.0. The normalized spacial score (nSPS) is 10.7. The second-order valence-electron chi connectivity index (χ2n) is 6.27. The van der Waals surface area contributed by atoms with Gasteiger partial charge in [0.2, 0.25) is 0 Å². The molecule has 1 aromatic heterocycles. The van der Waals surface area contributed by atoms with E-state index in [1.54, 1.807) is 24.3 Å². The summed E-state index contributed by atoms with van der Waals surface area (Å²) in [5, 5.41) is 3.50. The van der Waals surface area contributed by atoms with Crippen molar-refractivity contribution in [2.24, 2.45) is 0 Å². The summed E-state index contributed by atoms with van der Waals surface area (Å²) >= 11 is 1.48. The number of rotatable bonds is 4. The summed E-state index contributed by atoms with van der Waals surface area (Å²) in [6.45, 7) is 4.11. The van der Waals surface area contributed by atoms with Gasteiger partial charge < -0.3 is 4.74 Å². The number of ether oxygens (including phenoxy) is 1. The van der Waals surface area contributed by atoms with Gasteiger partial charge in [0, 0.05) is 5.56 Å². The molecule has 0 aliphatic rings. The molecule has 1 N–H and O–H groups in total. The Hall–Kier alpha value is -3.18. The molecule has 0 saturated heterocycles. The summed E-state index contributed by atoms with van der Waals surface area (Å²) in [5.74, 6) is 1.26. The predicted molar refractivity (Wildman–Crippen MR) is 110 cm³/mol. The summed E-state index contributed by atoms with van der Waals surface area (Å²) in [6, 6.07) is 20.7. The number of aromatic nitrogens is 1. The Bertz CT molecular complexity index is 1100. The summed E-state index contributed by atoms with van der Waals surface area (Å²) in [6.07, 6.45) is 0. The molecule has 0 atom stereocenters. The number of nitrogens with one attached hydrogen (secondary N) is 1. The Morgan fingerprint density at radius 2 is 1.63 bits per heavy atom. The molecule has 0 spiro atoms. The fourth-order valence-corrected chi connectivity index (χ4v) is 3.67. The molecule has 3 aromatic carbocycles. The van der Waals surface area contributed by atoms with Crippen molar-refractivity contribution in [2.75, 3.05) is 5.32 Å². The van der Waals surface area contributed by atoms with E-state index in [1.807, 2.05) is 36.4 Å². The van der Waals surface area contributed by atoms with Crippen molar-refractivity contribution in [3.63, 3.8) is 0 Å². The number of carbonyl (C=O) groups is 1. The van der Waals surface area contributed by atoms with Crippen LogP contribution in [0.2, 0.25) is 0 Å². The Balaban J connectivity index is 1.49. The largest absolute Gasteiger partial charge is 0.457 e. The lowest BCUT2D eigenvalue weighted by Crippen LogP contribution is -2.11. The molecule has 1 amide bonds. The van der Waals surface area contributed by atoms with E-state index in [-0.39, 0.29) is 5.91 Å². The first kappa shape index (κ1) is 17.2. The Morgan fingerprint density at radius 1 is 0.926 bits per heavy atom. The quantitative estimate of drug-likeness (QED) is 0.480. The van der Waals surface area contributed by atoms with Crippen LogP contribution in [-0.4, -0.2) is 10.9 Å². The van der Waals surface area contributed by atoms with E-state index >= 15 is 0 Å². The highest BCUT2D eigenvalue weighted by molar-refractivity contribution is 7.22. The van der Waals surface area contributed by atoms with Crippen molar-refractivity contribution in [3.8, 4) is 11.5 Å². The van der Waals surface area contributed by atoms with Gasteiger partial charge in [0.25, 0.3) is 5.91 Å². The number of hydrogen-bond donors (Lipinski definition) is 1. The van der Waals surface area contributed by atoms with Gasteiger partial charge in [0.1, 0.15) is 11.5 Å². The molecule has 5 heteroatoms. The van der Waals surface area contributed by atoms with Gasteiger partial charge in [0.05, 0.1) is 10.2 Å². The SMILES string of the molecule is Cc1ccc2sc(NC(=O)c3ccc(Oc4ccccc4)cc3)nc2c1C. The second-order valence-corrected chi connectivity index (χ2v) is 7.30. The molecule has 27 heavy (non-hydrogen) atoms. The van der Waals surface area contributed by atoms with Gasteiger partial charge in [-0.1, -0.05) is 35.6 Å². The summed E-state index contributed by atoms with van der Waals surface area (Å²) in [7, 11) is 0. The first-order valence-corrected chi connectivity index (χ1v) is 9.43. The van der Waals surface area contributed by atoms with Crippen LogP contribution < -0.4 is 10.1 Å². The fourth-order valence-electron chi connectivity index (χ4n) is 2.75. The van der Waals surface area contributed by atoms with E-state index in [2.05, 4.69) is 30.2 Å². The first-order chi connectivity index (χ1) is 13.1. The average Bonchev–Trinajstić information content (AvgIpc) is 3.09. The number of hydrogen-bond acceptors (Lipinski definition) is 4. The van der Waals surface area contributed by atoms with Gasteiger partial charge in [-0.2, -0.15) is 0 Å². The molecule has 0 radical (unpaired) electrons. The van der Waals surface area contributed by atoms with Crippen molar-refractivity contribution in [3.05, 3.63) is 83.4 Å². The van der Waals surface area contributed by atoms with Crippen molar-refractivity contribution >= 4 is 32.6 Å². The van der Waals surface area contributed by atoms with Gasteiger partial charge in [-0.05, 0) is 67.4 Å². The van der Waals surface area contributed by atoms with Gasteiger partial charge in [-0.3, -0.25) is 10.1 Å². The minimum Gasteiger partial charge on any atom is -0.457 e. The number of para-hydroxylation sites is 1. The molecule has 0 aliphatic heterocycles. The van der Waals surface area contributed by atoms with E-state index in [4.69, 9.17) is 4.74 Å². The molecule has 0 aliphatic carbocycles. The van der Waals surface area contributed by atoms with Gasteiger partial charge >= 0.3 is 0 Å². The van der Waals surface area contributed by atoms with Crippen molar-refractivity contribution in [2.45, 2.75) is 13.8 Å². The van der Waals surface area contributed by atoms with E-state index < -0.39 is 0 Å². The highest BCUT2D eigenvalue weighted by Gasteiger charge is 2.12. The molecule has 0 bridgehead atoms. The van der Waals surface area contributed by atoms with Gasteiger partial charge in [0.15, 0.2) is 5.13 Å². The summed E-state index contributed by atoms with van der Waals surface area (Å²) < 4.78 is 6.82. The molecular weight excluding hydrogens is 356 g/mol. The number of carbonyl (C=O) groups excluding carboxylic acids is 1. The minimum absolute atomic E-state index is 0.185. The van der Waals surface area contributed by atoms with Crippen molar-refractivity contribution in [1.82, 2.24) is 4.98 Å². The second kappa shape index (κ2) is 7.21. The zero-order chi connectivity index (χ0) is 18.8. The molecule has 134 valence electrons. The molecule has 0 fully saturated rings. The van der Waals surface area contributed by atoms with Crippen LogP contribution >= 0.6 is 11.3 Å². The van der Waals surface area contributed by atoms with Crippen molar-refractivity contribution < 1.29 is 9.53 Å². The van der Waals surface area contributed by atoms with Crippen LogP contribution in [0.15, 0.2) is 66.7 Å². The zero-order valence-corrected chi connectivity index (χ0v) is 15.8. The van der Waals surface area contributed by atoms with Crippen LogP contribution in [0.3, 0.4) is 0 Å². The standard InChI is InChI=1S/C22H18N2O2S/c1-14-8-13-19-20(15(14)2)23-22(27-19)24-21(25)16-9-11-18(12-10-16)26-17-6-4-3-5-7-17/h3-13H,1-2H3,(H,23,24,25). The van der Waals surface area contributed by atoms with E-state index in [1.165, 1.54) is 16.9 Å². The third-order valence-corrected chi connectivity index (χ3v) is 5.34. The number of thiazole rings is 1. The van der Waals surface area contributed by atoms with Gasteiger partial charge in [-0.15, -0.1) is 0 Å². The number of aryl methyl sites for hydroxylation is 2. The Kier molecular flexibility index (Phi) is 4.60. The molecule has 4 nitrogen and oxygen atoms in total. The first-order valence-electron chi connectivity index (χ1n) is 8.61. The number of amides is 1. The minimum atomic E-state index is -0.185. The molecule has 4 aromatic rings. The topological polar surface area (TPSA) is 51.2 Å². The van der Waals surface area contributed by atoms with Crippen LogP contribution in [0.25, 0.3) is 10.2 Å². The average molecular weight is 374 g/mol. The highest BCUT2D eigenvalue weighted by Crippen LogP contribution is 2.30. The number of fused-ring (bicyclic) bond motifs is 1. The lowest BCUT2D eigenvalue weighted by Gasteiger charge is -2.06. The third kappa shape index (κ3) is 3.68. The maximum Gasteiger partial charge on any atom is 0.257 e. The summed E-state index contributed by atoms with van der Waals surface area (Å²) in [4.78, 5) is 17.1. The maximum atomic E-state index is 12.5. The van der Waals surface area contributed by atoms with E-state index in [0.29, 0.717) is 16.4 Å². The Morgan fingerprint density at radius 3 is 2.37 bits per heavy atom. The maximum absolute atomic E-state index is 12.5. The smallest absolute Gasteiger partial charge is 0.257 e. The Labute approximate surface area is 161 Å². The van der Waals surface area contributed by atoms with Crippen LogP contribution in [0.4, 0.5) is 5.13 Å². The monoisotopic (exact) mass is 374 g/mol. The van der Waals surface area contributed by atoms with Crippen LogP contribution in [0.1, 0.15) is 21.5 Å². The van der Waals surface area contributed by atoms with E-state index in [9.17, 15) is 4.79 Å². The summed E-state index contributed by atoms with van der Waals surface area (Å²) in [5.41, 5.74) is 3.84. The van der Waals surface area contributed by atoms with Gasteiger partial charge in [-0.25, -0.2) is 4.98 Å². The van der Waals surface area contributed by atoms with Crippen molar-refractivity contribution in [1.29, 1.82) is 0 Å². The molecule has 1 heterocycles. The van der Waals surface area contributed by atoms with E-state index in [0.717, 1.165) is 21.5 Å². The molecule has 4 rings (SSSR count). The van der Waals surface area contributed by atoms with Crippen LogP contribution in [-0.2, 0) is 0 Å². The molecule has 0 unspecified atom stereocenters. The number of anilines is 1.